The highest BCUT2D eigenvalue weighted by atomic mass is 32.1. The number of anilines is 1. The van der Waals surface area contributed by atoms with Gasteiger partial charge in [-0.15, -0.1) is 11.3 Å². The van der Waals surface area contributed by atoms with Crippen LogP contribution in [0.1, 0.15) is 28.3 Å². The first-order valence-corrected chi connectivity index (χ1v) is 6.68. The van der Waals surface area contributed by atoms with Crippen LogP contribution < -0.4 is 5.32 Å². The van der Waals surface area contributed by atoms with Crippen molar-refractivity contribution in [1.29, 1.82) is 0 Å². The number of hydrogen-bond donors (Lipinski definition) is 1. The van der Waals surface area contributed by atoms with E-state index in [4.69, 9.17) is 0 Å². The van der Waals surface area contributed by atoms with Crippen LogP contribution in [0.4, 0.5) is 18.9 Å². The molecule has 0 spiro atoms. The summed E-state index contributed by atoms with van der Waals surface area (Å²) >= 11 is 1.67. The highest BCUT2D eigenvalue weighted by Gasteiger charge is 2.14. The van der Waals surface area contributed by atoms with Gasteiger partial charge in [-0.05, 0) is 32.4 Å². The van der Waals surface area contributed by atoms with Crippen molar-refractivity contribution in [1.82, 2.24) is 0 Å². The summed E-state index contributed by atoms with van der Waals surface area (Å²) in [6.45, 7) is 5.90. The van der Waals surface area contributed by atoms with Gasteiger partial charge in [0, 0.05) is 33.6 Å². The Hall–Kier alpha value is -1.49. The molecule has 1 N–H and O–H groups in total. The van der Waals surface area contributed by atoms with Crippen LogP contribution in [0.2, 0.25) is 0 Å². The Morgan fingerprint density at radius 3 is 2.11 bits per heavy atom. The molecule has 1 heterocycles. The van der Waals surface area contributed by atoms with Crippen molar-refractivity contribution in [3.63, 3.8) is 0 Å². The largest absolute Gasteiger partial charge is 0.378 e. The maximum atomic E-state index is 13.1. The lowest BCUT2D eigenvalue weighted by atomic mass is 10.1. The number of nitrogens with one attached hydrogen (secondary N) is 1. The lowest BCUT2D eigenvalue weighted by molar-refractivity contribution is 0.447. The molecule has 2 rings (SSSR count). The van der Waals surface area contributed by atoms with E-state index in [1.165, 1.54) is 4.88 Å². The zero-order valence-electron chi connectivity index (χ0n) is 10.9. The van der Waals surface area contributed by atoms with Crippen molar-refractivity contribution in [3.8, 4) is 0 Å². The molecule has 0 saturated heterocycles. The van der Waals surface area contributed by atoms with Crippen molar-refractivity contribution >= 4 is 17.0 Å². The third kappa shape index (κ3) is 2.92. The molecule has 0 aliphatic rings. The fraction of sp³-hybridized carbons (Fsp3) is 0.286. The van der Waals surface area contributed by atoms with Crippen molar-refractivity contribution in [2.45, 2.75) is 26.8 Å². The molecule has 1 nitrogen and oxygen atoms in total. The van der Waals surface area contributed by atoms with Crippen LogP contribution in [-0.2, 0) is 0 Å². The average molecular weight is 285 g/mol. The second-order valence-corrected chi connectivity index (χ2v) is 5.95. The quantitative estimate of drug-likeness (QED) is 0.786. The molecule has 0 saturated carbocycles. The van der Waals surface area contributed by atoms with Gasteiger partial charge in [-0.3, -0.25) is 0 Å². The first kappa shape index (κ1) is 13.9. The van der Waals surface area contributed by atoms with Crippen LogP contribution in [-0.4, -0.2) is 0 Å². The Morgan fingerprint density at radius 1 is 1.05 bits per heavy atom. The lowest BCUT2D eigenvalue weighted by Gasteiger charge is -2.15. The summed E-state index contributed by atoms with van der Waals surface area (Å²) in [4.78, 5) is 2.33. The summed E-state index contributed by atoms with van der Waals surface area (Å²) < 4.78 is 39.1. The van der Waals surface area contributed by atoms with Gasteiger partial charge in [0.2, 0.25) is 0 Å². The van der Waals surface area contributed by atoms with Crippen LogP contribution in [0.5, 0.6) is 0 Å². The van der Waals surface area contributed by atoms with Gasteiger partial charge >= 0.3 is 0 Å². The van der Waals surface area contributed by atoms with Crippen LogP contribution in [0.15, 0.2) is 18.2 Å². The predicted octanol–water partition coefficient (Wildman–Crippen LogP) is 4.96. The van der Waals surface area contributed by atoms with E-state index < -0.39 is 17.5 Å². The summed E-state index contributed by atoms with van der Waals surface area (Å²) in [5, 5.41) is 2.98. The maximum Gasteiger partial charge on any atom is 0.194 e. The molecule has 0 radical (unpaired) electrons. The Balaban J connectivity index is 2.24. The molecule has 1 aromatic heterocycles. The van der Waals surface area contributed by atoms with Crippen molar-refractivity contribution in [2.24, 2.45) is 0 Å². The van der Waals surface area contributed by atoms with Gasteiger partial charge in [-0.25, -0.2) is 13.2 Å². The highest BCUT2D eigenvalue weighted by Crippen LogP contribution is 2.29. The Kier molecular flexibility index (Phi) is 3.85. The number of benzene rings is 1. The fourth-order valence-corrected chi connectivity index (χ4v) is 3.07. The standard InChI is InChI=1S/C14H14F3NS/c1-7-4-11(9(3)19-7)8(2)18-10-5-12(15)14(17)13(16)6-10/h4-6,8,18H,1-3H3. The van der Waals surface area contributed by atoms with E-state index in [1.54, 1.807) is 11.3 Å². The molecular weight excluding hydrogens is 271 g/mol. The number of aryl methyl sites for hydroxylation is 2. The number of halogens is 3. The molecule has 0 bridgehead atoms. The molecule has 0 fully saturated rings. The topological polar surface area (TPSA) is 12.0 Å². The second-order valence-electron chi connectivity index (χ2n) is 4.49. The van der Waals surface area contributed by atoms with Gasteiger partial charge < -0.3 is 5.32 Å². The summed E-state index contributed by atoms with van der Waals surface area (Å²) in [6, 6.07) is 3.86. The smallest absolute Gasteiger partial charge is 0.194 e. The molecule has 0 aliphatic carbocycles. The van der Waals surface area contributed by atoms with Gasteiger partial charge in [0.25, 0.3) is 0 Å². The van der Waals surface area contributed by atoms with E-state index in [0.29, 0.717) is 0 Å². The van der Waals surface area contributed by atoms with Crippen molar-refractivity contribution in [3.05, 3.63) is 51.0 Å². The monoisotopic (exact) mass is 285 g/mol. The maximum absolute atomic E-state index is 13.1. The predicted molar refractivity (Wildman–Crippen MR) is 72.1 cm³/mol. The zero-order valence-corrected chi connectivity index (χ0v) is 11.7. The minimum absolute atomic E-state index is 0.103. The van der Waals surface area contributed by atoms with E-state index in [-0.39, 0.29) is 11.7 Å². The SMILES string of the molecule is Cc1cc(C(C)Nc2cc(F)c(F)c(F)c2)c(C)s1. The molecule has 2 aromatic rings. The van der Waals surface area contributed by atoms with Crippen LogP contribution in [0.3, 0.4) is 0 Å². The average Bonchev–Trinajstić information content (AvgIpc) is 2.65. The van der Waals surface area contributed by atoms with E-state index in [9.17, 15) is 13.2 Å². The summed E-state index contributed by atoms with van der Waals surface area (Å²) in [5.74, 6) is -3.82. The number of hydrogen-bond acceptors (Lipinski definition) is 2. The first-order valence-electron chi connectivity index (χ1n) is 5.86. The Morgan fingerprint density at radius 2 is 1.63 bits per heavy atom. The molecule has 0 aliphatic heterocycles. The molecule has 0 amide bonds. The number of rotatable bonds is 3. The minimum Gasteiger partial charge on any atom is -0.378 e. The van der Waals surface area contributed by atoms with E-state index in [1.807, 2.05) is 26.8 Å². The third-order valence-electron chi connectivity index (χ3n) is 2.91. The van der Waals surface area contributed by atoms with Crippen LogP contribution in [0, 0.1) is 31.3 Å². The van der Waals surface area contributed by atoms with E-state index in [0.717, 1.165) is 22.6 Å². The zero-order chi connectivity index (χ0) is 14.2. The molecule has 19 heavy (non-hydrogen) atoms. The molecule has 102 valence electrons. The van der Waals surface area contributed by atoms with Crippen molar-refractivity contribution < 1.29 is 13.2 Å². The number of thiophene rings is 1. The van der Waals surface area contributed by atoms with Gasteiger partial charge in [-0.1, -0.05) is 0 Å². The van der Waals surface area contributed by atoms with Crippen LogP contribution >= 0.6 is 11.3 Å². The van der Waals surface area contributed by atoms with Gasteiger partial charge in [0.05, 0.1) is 0 Å². The van der Waals surface area contributed by atoms with Gasteiger partial charge in [0.15, 0.2) is 17.5 Å². The summed E-state index contributed by atoms with van der Waals surface area (Å²) in [6.07, 6.45) is 0. The lowest BCUT2D eigenvalue weighted by Crippen LogP contribution is -2.08. The van der Waals surface area contributed by atoms with E-state index in [2.05, 4.69) is 5.32 Å². The fourth-order valence-electron chi connectivity index (χ4n) is 2.05. The minimum atomic E-state index is -1.44. The molecule has 1 atom stereocenters. The molecule has 5 heteroatoms. The van der Waals surface area contributed by atoms with Crippen molar-refractivity contribution in [2.75, 3.05) is 5.32 Å². The van der Waals surface area contributed by atoms with E-state index >= 15 is 0 Å². The molecular formula is C14H14F3NS. The Labute approximate surface area is 114 Å². The highest BCUT2D eigenvalue weighted by molar-refractivity contribution is 7.12. The summed E-state index contributed by atoms with van der Waals surface area (Å²) in [5.41, 5.74) is 1.31. The molecule has 1 aromatic carbocycles. The normalized spacial score (nSPS) is 12.5. The molecule has 1 unspecified atom stereocenters. The summed E-state index contributed by atoms with van der Waals surface area (Å²) in [7, 11) is 0. The first-order chi connectivity index (χ1) is 8.88. The third-order valence-corrected chi connectivity index (χ3v) is 3.89. The van der Waals surface area contributed by atoms with Crippen LogP contribution in [0.25, 0.3) is 0 Å². The second kappa shape index (κ2) is 5.25. The Bertz CT molecular complexity index is 584. The van der Waals surface area contributed by atoms with Gasteiger partial charge in [-0.2, -0.15) is 0 Å². The van der Waals surface area contributed by atoms with Gasteiger partial charge in [0.1, 0.15) is 0 Å².